The summed E-state index contributed by atoms with van der Waals surface area (Å²) in [6.45, 7) is 6.82. The van der Waals surface area contributed by atoms with Gasteiger partial charge in [-0.15, -0.1) is 0 Å². The Kier molecular flexibility index (Phi) is 4.21. The van der Waals surface area contributed by atoms with Gasteiger partial charge in [-0.2, -0.15) is 4.98 Å². The highest BCUT2D eigenvalue weighted by Gasteiger charge is 2.26. The van der Waals surface area contributed by atoms with E-state index in [0.717, 1.165) is 43.1 Å². The Morgan fingerprint density at radius 2 is 2.11 bits per heavy atom. The number of anilines is 2. The molecule has 0 saturated carbocycles. The van der Waals surface area contributed by atoms with Crippen LogP contribution in [0.1, 0.15) is 18.2 Å². The minimum Gasteiger partial charge on any atom is -0.395 e. The van der Waals surface area contributed by atoms with Crippen LogP contribution in [-0.4, -0.2) is 59.3 Å². The third-order valence-electron chi connectivity index (χ3n) is 3.85. The van der Waals surface area contributed by atoms with Crippen molar-refractivity contribution >= 4 is 11.8 Å². The van der Waals surface area contributed by atoms with Crippen LogP contribution >= 0.6 is 0 Å². The Morgan fingerprint density at radius 1 is 1.37 bits per heavy atom. The first-order chi connectivity index (χ1) is 9.06. The van der Waals surface area contributed by atoms with Gasteiger partial charge < -0.3 is 15.7 Å². The number of likely N-dealkylation sites (N-methyl/N-ethyl adjacent to an activating group) is 1. The number of aliphatic hydroxyl groups is 1. The molecule has 2 heterocycles. The molecule has 2 rings (SSSR count). The molecule has 1 atom stereocenters. The normalized spacial score (nSPS) is 20.8. The molecule has 106 valence electrons. The van der Waals surface area contributed by atoms with Crippen LogP contribution in [0.25, 0.3) is 0 Å². The molecule has 0 radical (unpaired) electrons. The number of nitrogens with zero attached hydrogens (tertiary/aromatic N) is 4. The molecule has 1 aliphatic rings. The van der Waals surface area contributed by atoms with Crippen LogP contribution in [0.15, 0.2) is 0 Å². The average molecular weight is 265 g/mol. The highest BCUT2D eigenvalue weighted by atomic mass is 16.3. The number of rotatable bonds is 3. The van der Waals surface area contributed by atoms with Crippen molar-refractivity contribution in [1.29, 1.82) is 0 Å². The molecule has 1 aromatic rings. The van der Waals surface area contributed by atoms with Crippen LogP contribution in [0.3, 0.4) is 0 Å². The summed E-state index contributed by atoms with van der Waals surface area (Å²) < 4.78 is 0. The molecule has 1 aromatic heterocycles. The maximum atomic E-state index is 9.44. The van der Waals surface area contributed by atoms with Crippen LogP contribution in [0, 0.1) is 6.92 Å². The number of hydrogen-bond acceptors (Lipinski definition) is 6. The molecule has 0 amide bonds. The maximum absolute atomic E-state index is 9.44. The number of aryl methyl sites for hydroxylation is 1. The Hall–Kier alpha value is -1.40. The smallest absolute Gasteiger partial charge is 0.222 e. The summed E-state index contributed by atoms with van der Waals surface area (Å²) in [6.07, 6.45) is 0.886. The van der Waals surface area contributed by atoms with Gasteiger partial charge in [-0.1, -0.05) is 6.92 Å². The maximum Gasteiger partial charge on any atom is 0.222 e. The summed E-state index contributed by atoms with van der Waals surface area (Å²) in [5, 5.41) is 9.44. The van der Waals surface area contributed by atoms with E-state index < -0.39 is 0 Å². The number of aliphatic hydroxyl groups excluding tert-OH is 1. The van der Waals surface area contributed by atoms with Gasteiger partial charge in [0, 0.05) is 30.9 Å². The number of nitrogens with two attached hydrogens (primary N) is 1. The van der Waals surface area contributed by atoms with Gasteiger partial charge in [-0.25, -0.2) is 4.98 Å². The second-order valence-corrected chi connectivity index (χ2v) is 5.09. The van der Waals surface area contributed by atoms with Gasteiger partial charge in [0.1, 0.15) is 5.82 Å². The van der Waals surface area contributed by atoms with E-state index in [1.165, 1.54) is 0 Å². The van der Waals surface area contributed by atoms with Crippen molar-refractivity contribution < 1.29 is 5.11 Å². The SMILES string of the molecule is CCc1c(C)nc(N)nc1N1CCN(C)[C@@H](CO)C1. The first-order valence-electron chi connectivity index (χ1n) is 6.75. The van der Waals surface area contributed by atoms with Crippen molar-refractivity contribution in [2.24, 2.45) is 0 Å². The van der Waals surface area contributed by atoms with E-state index in [1.54, 1.807) is 0 Å². The van der Waals surface area contributed by atoms with E-state index >= 15 is 0 Å². The summed E-state index contributed by atoms with van der Waals surface area (Å²) in [4.78, 5) is 13.0. The Labute approximate surface area is 114 Å². The molecule has 0 unspecified atom stereocenters. The molecule has 6 nitrogen and oxygen atoms in total. The lowest BCUT2D eigenvalue weighted by molar-refractivity contribution is 0.135. The minimum absolute atomic E-state index is 0.148. The molecule has 0 bridgehead atoms. The van der Waals surface area contributed by atoms with Crippen LogP contribution in [-0.2, 0) is 6.42 Å². The largest absolute Gasteiger partial charge is 0.395 e. The van der Waals surface area contributed by atoms with Crippen LogP contribution in [0.2, 0.25) is 0 Å². The van der Waals surface area contributed by atoms with Gasteiger partial charge in [0.25, 0.3) is 0 Å². The number of piperazine rings is 1. The highest BCUT2D eigenvalue weighted by molar-refractivity contribution is 5.52. The Bertz CT molecular complexity index is 451. The number of nitrogen functional groups attached to an aromatic ring is 1. The minimum atomic E-state index is 0.148. The summed E-state index contributed by atoms with van der Waals surface area (Å²) in [5.41, 5.74) is 7.87. The molecule has 19 heavy (non-hydrogen) atoms. The number of hydrogen-bond donors (Lipinski definition) is 2. The van der Waals surface area contributed by atoms with E-state index in [2.05, 4.69) is 26.7 Å². The molecular formula is C13H23N5O. The third kappa shape index (κ3) is 2.79. The van der Waals surface area contributed by atoms with Gasteiger partial charge in [-0.05, 0) is 20.4 Å². The fourth-order valence-electron chi connectivity index (χ4n) is 2.61. The molecule has 1 aliphatic heterocycles. The van der Waals surface area contributed by atoms with Gasteiger partial charge in [-0.3, -0.25) is 4.90 Å². The van der Waals surface area contributed by atoms with Crippen molar-refractivity contribution in [3.63, 3.8) is 0 Å². The zero-order chi connectivity index (χ0) is 14.0. The Balaban J connectivity index is 2.31. The lowest BCUT2D eigenvalue weighted by Gasteiger charge is -2.39. The van der Waals surface area contributed by atoms with Crippen LogP contribution in [0.5, 0.6) is 0 Å². The average Bonchev–Trinajstić information content (AvgIpc) is 2.38. The summed E-state index contributed by atoms with van der Waals surface area (Å²) in [7, 11) is 2.04. The van der Waals surface area contributed by atoms with Crippen molar-refractivity contribution in [3.05, 3.63) is 11.3 Å². The standard InChI is InChI=1S/C13H23N5O/c1-4-11-9(2)15-13(14)16-12(11)18-6-5-17(3)10(7-18)8-19/h10,19H,4-8H2,1-3H3,(H2,14,15,16)/t10-/m1/s1. The van der Waals surface area contributed by atoms with Gasteiger partial charge >= 0.3 is 0 Å². The molecule has 0 aliphatic carbocycles. The summed E-state index contributed by atoms with van der Waals surface area (Å²) in [5.74, 6) is 1.25. The van der Waals surface area contributed by atoms with Gasteiger partial charge in [0.15, 0.2) is 0 Å². The van der Waals surface area contributed by atoms with Gasteiger partial charge in [0.05, 0.1) is 12.6 Å². The van der Waals surface area contributed by atoms with Crippen molar-refractivity contribution in [3.8, 4) is 0 Å². The third-order valence-corrected chi connectivity index (χ3v) is 3.85. The van der Waals surface area contributed by atoms with Crippen molar-refractivity contribution in [2.75, 3.05) is 43.9 Å². The zero-order valence-corrected chi connectivity index (χ0v) is 11.9. The Morgan fingerprint density at radius 3 is 2.74 bits per heavy atom. The summed E-state index contributed by atoms with van der Waals surface area (Å²) in [6, 6.07) is 0.148. The van der Waals surface area contributed by atoms with E-state index in [9.17, 15) is 5.11 Å². The molecule has 0 spiro atoms. The first-order valence-corrected chi connectivity index (χ1v) is 6.75. The molecule has 3 N–H and O–H groups in total. The topological polar surface area (TPSA) is 78.5 Å². The lowest BCUT2D eigenvalue weighted by Crippen LogP contribution is -2.53. The van der Waals surface area contributed by atoms with Crippen molar-refractivity contribution in [1.82, 2.24) is 14.9 Å². The monoisotopic (exact) mass is 265 g/mol. The predicted octanol–water partition coefficient (Wildman–Crippen LogP) is 0.0423. The molecular weight excluding hydrogens is 242 g/mol. The molecule has 6 heteroatoms. The van der Waals surface area contributed by atoms with Crippen LogP contribution in [0.4, 0.5) is 11.8 Å². The lowest BCUT2D eigenvalue weighted by atomic mass is 10.1. The van der Waals surface area contributed by atoms with Crippen molar-refractivity contribution in [2.45, 2.75) is 26.3 Å². The fourth-order valence-corrected chi connectivity index (χ4v) is 2.61. The quantitative estimate of drug-likeness (QED) is 0.803. The van der Waals surface area contributed by atoms with E-state index in [4.69, 9.17) is 5.73 Å². The second kappa shape index (κ2) is 5.71. The predicted molar refractivity (Wildman–Crippen MR) is 76.3 cm³/mol. The molecule has 1 saturated heterocycles. The van der Waals surface area contributed by atoms with Gasteiger partial charge in [0.2, 0.25) is 5.95 Å². The van der Waals surface area contributed by atoms with E-state index in [1.807, 2.05) is 14.0 Å². The van der Waals surface area contributed by atoms with E-state index in [0.29, 0.717) is 5.95 Å². The van der Waals surface area contributed by atoms with Crippen LogP contribution < -0.4 is 10.6 Å². The zero-order valence-electron chi connectivity index (χ0n) is 11.9. The first kappa shape index (κ1) is 14.0. The fraction of sp³-hybridized carbons (Fsp3) is 0.692. The summed E-state index contributed by atoms with van der Waals surface area (Å²) >= 11 is 0. The second-order valence-electron chi connectivity index (χ2n) is 5.09. The van der Waals surface area contributed by atoms with E-state index in [-0.39, 0.29) is 12.6 Å². The highest BCUT2D eigenvalue weighted by Crippen LogP contribution is 2.24. The molecule has 0 aromatic carbocycles. The number of aromatic nitrogens is 2. The molecule has 1 fully saturated rings.